The Labute approximate surface area is 146 Å². The molecule has 25 heavy (non-hydrogen) atoms. The van der Waals surface area contributed by atoms with Gasteiger partial charge in [-0.3, -0.25) is 0 Å². The summed E-state index contributed by atoms with van der Waals surface area (Å²) < 4.78 is 23.9. The second-order valence-electron chi connectivity index (χ2n) is 5.24. The highest BCUT2D eigenvalue weighted by Crippen LogP contribution is 2.20. The van der Waals surface area contributed by atoms with Gasteiger partial charge in [0.2, 0.25) is 5.88 Å². The lowest BCUT2D eigenvalue weighted by atomic mass is 10.3. The highest BCUT2D eigenvalue weighted by atomic mass is 19.1. The highest BCUT2D eigenvalue weighted by molar-refractivity contribution is 5.77. The number of hydrogen-bond acceptors (Lipinski definition) is 4. The molecule has 0 aliphatic rings. The molecule has 0 spiro atoms. The van der Waals surface area contributed by atoms with Crippen LogP contribution in [0.5, 0.6) is 11.6 Å². The van der Waals surface area contributed by atoms with Crippen LogP contribution in [0.2, 0.25) is 0 Å². The van der Waals surface area contributed by atoms with Gasteiger partial charge in [0.05, 0.1) is 6.54 Å². The van der Waals surface area contributed by atoms with E-state index in [0.29, 0.717) is 37.3 Å². The van der Waals surface area contributed by atoms with Crippen molar-refractivity contribution in [3.63, 3.8) is 0 Å². The van der Waals surface area contributed by atoms with Gasteiger partial charge in [-0.2, -0.15) is 0 Å². The maximum atomic E-state index is 13.1. The van der Waals surface area contributed by atoms with E-state index in [2.05, 4.69) is 15.3 Å². The number of nitrogens with zero attached hydrogens (tertiary/aromatic N) is 2. The van der Waals surface area contributed by atoms with E-state index in [9.17, 15) is 4.39 Å². The lowest BCUT2D eigenvalue weighted by Crippen LogP contribution is -2.32. The minimum absolute atomic E-state index is 0.354. The van der Waals surface area contributed by atoms with Crippen LogP contribution in [0.1, 0.15) is 18.9 Å². The molecule has 2 rings (SSSR count). The second-order valence-corrected chi connectivity index (χ2v) is 5.24. The standard InChI is InChI=1S/C18H23FN4O2/c1-2-24-10-4-9-21-18(20)23-13-14-7-8-17(22-12-14)25-16-6-3-5-15(19)11-16/h3,5-8,11-12H,2,4,9-10,13H2,1H3,(H3,20,21,23). The Kier molecular flexibility index (Phi) is 7.65. The Balaban J connectivity index is 1.78. The predicted octanol–water partition coefficient (Wildman–Crippen LogP) is 2.84. The zero-order valence-electron chi connectivity index (χ0n) is 14.2. The molecule has 3 N–H and O–H groups in total. The van der Waals surface area contributed by atoms with E-state index >= 15 is 0 Å². The molecule has 1 aromatic heterocycles. The van der Waals surface area contributed by atoms with Gasteiger partial charge in [0.15, 0.2) is 5.96 Å². The molecule has 0 saturated heterocycles. The Morgan fingerprint density at radius 3 is 2.92 bits per heavy atom. The molecule has 0 amide bonds. The van der Waals surface area contributed by atoms with Crippen LogP contribution in [-0.2, 0) is 11.3 Å². The van der Waals surface area contributed by atoms with Gasteiger partial charge in [0.1, 0.15) is 11.6 Å². The van der Waals surface area contributed by atoms with Crippen LogP contribution in [-0.4, -0.2) is 30.7 Å². The lowest BCUT2D eigenvalue weighted by molar-refractivity contribution is 0.145. The van der Waals surface area contributed by atoms with Crippen molar-refractivity contribution < 1.29 is 13.9 Å². The molecule has 0 saturated carbocycles. The molecule has 0 atom stereocenters. The monoisotopic (exact) mass is 346 g/mol. The fourth-order valence-corrected chi connectivity index (χ4v) is 1.98. The summed E-state index contributed by atoms with van der Waals surface area (Å²) >= 11 is 0. The SMILES string of the molecule is CCOCCCNC(N)=NCc1ccc(Oc2cccc(F)c2)nc1. The average molecular weight is 346 g/mol. The summed E-state index contributed by atoms with van der Waals surface area (Å²) in [6, 6.07) is 9.46. The van der Waals surface area contributed by atoms with Gasteiger partial charge < -0.3 is 20.5 Å². The third-order valence-electron chi connectivity index (χ3n) is 3.22. The van der Waals surface area contributed by atoms with Crippen molar-refractivity contribution in [1.29, 1.82) is 0 Å². The van der Waals surface area contributed by atoms with Crippen molar-refractivity contribution in [2.24, 2.45) is 10.7 Å². The Hall–Kier alpha value is -2.67. The maximum absolute atomic E-state index is 13.1. The van der Waals surface area contributed by atoms with Crippen LogP contribution >= 0.6 is 0 Å². The van der Waals surface area contributed by atoms with Crippen LogP contribution < -0.4 is 15.8 Å². The van der Waals surface area contributed by atoms with Crippen molar-refractivity contribution >= 4 is 5.96 Å². The summed E-state index contributed by atoms with van der Waals surface area (Å²) in [6.45, 7) is 4.51. The fraction of sp³-hybridized carbons (Fsp3) is 0.333. The summed E-state index contributed by atoms with van der Waals surface area (Å²) in [5.74, 6) is 0.823. The molecule has 0 unspecified atom stereocenters. The number of ether oxygens (including phenoxy) is 2. The topological polar surface area (TPSA) is 81.8 Å². The quantitative estimate of drug-likeness (QED) is 0.414. The van der Waals surface area contributed by atoms with E-state index in [0.717, 1.165) is 18.6 Å². The van der Waals surface area contributed by atoms with Crippen molar-refractivity contribution in [3.05, 3.63) is 54.0 Å². The third kappa shape index (κ3) is 7.17. The highest BCUT2D eigenvalue weighted by Gasteiger charge is 2.01. The van der Waals surface area contributed by atoms with Gasteiger partial charge in [0, 0.05) is 38.1 Å². The van der Waals surface area contributed by atoms with Crippen LogP contribution in [0.4, 0.5) is 4.39 Å². The first-order chi connectivity index (χ1) is 12.2. The Bertz CT molecular complexity index is 677. The van der Waals surface area contributed by atoms with E-state index in [1.165, 1.54) is 12.1 Å². The molecule has 0 radical (unpaired) electrons. The van der Waals surface area contributed by atoms with E-state index < -0.39 is 0 Å². The second kappa shape index (κ2) is 10.2. The van der Waals surface area contributed by atoms with Gasteiger partial charge >= 0.3 is 0 Å². The molecular formula is C18H23FN4O2. The molecule has 0 bridgehead atoms. The number of guanidine groups is 1. The van der Waals surface area contributed by atoms with E-state index in [-0.39, 0.29) is 5.82 Å². The third-order valence-corrected chi connectivity index (χ3v) is 3.22. The largest absolute Gasteiger partial charge is 0.439 e. The van der Waals surface area contributed by atoms with E-state index in [4.69, 9.17) is 15.2 Å². The van der Waals surface area contributed by atoms with Crippen molar-refractivity contribution in [1.82, 2.24) is 10.3 Å². The Morgan fingerprint density at radius 1 is 1.32 bits per heavy atom. The number of aliphatic imine (C=N–C) groups is 1. The summed E-state index contributed by atoms with van der Waals surface area (Å²) in [6.07, 6.45) is 2.53. The van der Waals surface area contributed by atoms with Gasteiger partial charge in [-0.05, 0) is 31.0 Å². The number of pyridine rings is 1. The summed E-state index contributed by atoms with van der Waals surface area (Å²) in [5, 5.41) is 3.03. The normalized spacial score (nSPS) is 11.4. The van der Waals surface area contributed by atoms with Gasteiger partial charge in [0.25, 0.3) is 0 Å². The van der Waals surface area contributed by atoms with Crippen LogP contribution in [0.15, 0.2) is 47.6 Å². The zero-order chi connectivity index (χ0) is 17.9. The summed E-state index contributed by atoms with van der Waals surface area (Å²) in [4.78, 5) is 8.44. The van der Waals surface area contributed by atoms with Crippen molar-refractivity contribution in [2.75, 3.05) is 19.8 Å². The predicted molar refractivity (Wildman–Crippen MR) is 95.2 cm³/mol. The Morgan fingerprint density at radius 2 is 2.20 bits per heavy atom. The van der Waals surface area contributed by atoms with Gasteiger partial charge in [-0.15, -0.1) is 0 Å². The number of hydrogen-bond donors (Lipinski definition) is 2. The first kappa shape index (κ1) is 18.7. The lowest BCUT2D eigenvalue weighted by Gasteiger charge is -2.06. The molecule has 2 aromatic rings. The number of rotatable bonds is 9. The van der Waals surface area contributed by atoms with Crippen LogP contribution in [0, 0.1) is 5.82 Å². The summed E-state index contributed by atoms with van der Waals surface area (Å²) in [5.41, 5.74) is 6.69. The minimum Gasteiger partial charge on any atom is -0.439 e. The van der Waals surface area contributed by atoms with E-state index in [1.807, 2.05) is 13.0 Å². The molecule has 1 aromatic carbocycles. The first-order valence-corrected chi connectivity index (χ1v) is 8.17. The van der Waals surface area contributed by atoms with Crippen LogP contribution in [0.3, 0.4) is 0 Å². The number of nitrogens with two attached hydrogens (primary N) is 1. The zero-order valence-corrected chi connectivity index (χ0v) is 14.2. The van der Waals surface area contributed by atoms with E-state index in [1.54, 1.807) is 24.4 Å². The number of halogens is 1. The van der Waals surface area contributed by atoms with Crippen molar-refractivity contribution in [2.45, 2.75) is 19.9 Å². The molecule has 1 heterocycles. The smallest absolute Gasteiger partial charge is 0.219 e. The van der Waals surface area contributed by atoms with Crippen molar-refractivity contribution in [3.8, 4) is 11.6 Å². The minimum atomic E-state index is -0.354. The maximum Gasteiger partial charge on any atom is 0.219 e. The van der Waals surface area contributed by atoms with Gasteiger partial charge in [-0.1, -0.05) is 12.1 Å². The molecule has 6 nitrogen and oxygen atoms in total. The number of aromatic nitrogens is 1. The molecule has 0 aliphatic heterocycles. The molecule has 0 fully saturated rings. The first-order valence-electron chi connectivity index (χ1n) is 8.17. The van der Waals surface area contributed by atoms with Crippen LogP contribution in [0.25, 0.3) is 0 Å². The number of nitrogens with one attached hydrogen (secondary N) is 1. The summed E-state index contributed by atoms with van der Waals surface area (Å²) in [7, 11) is 0. The molecule has 7 heteroatoms. The fourth-order valence-electron chi connectivity index (χ4n) is 1.98. The molecular weight excluding hydrogens is 323 g/mol. The van der Waals surface area contributed by atoms with Gasteiger partial charge in [-0.25, -0.2) is 14.4 Å². The average Bonchev–Trinajstić information content (AvgIpc) is 2.61. The number of benzene rings is 1. The molecule has 134 valence electrons. The molecule has 0 aliphatic carbocycles.